The molecule has 2 N–H and O–H groups in total. The van der Waals surface area contributed by atoms with Crippen LogP contribution in [0.25, 0.3) is 0 Å². The number of hydrogen-bond acceptors (Lipinski definition) is 4. The molecule has 1 saturated heterocycles. The second-order valence-electron chi connectivity index (χ2n) is 5.15. The monoisotopic (exact) mass is 314 g/mol. The molecule has 1 aromatic carbocycles. The van der Waals surface area contributed by atoms with Crippen LogP contribution in [0.5, 0.6) is 0 Å². The highest BCUT2D eigenvalue weighted by Gasteiger charge is 2.22. The molecular weight excluding hydrogens is 292 g/mol. The molecule has 6 heteroatoms. The second kappa shape index (κ2) is 6.93. The summed E-state index contributed by atoms with van der Waals surface area (Å²) < 4.78 is 27.7. The first-order valence-electron chi connectivity index (χ1n) is 6.87. The Balaban J connectivity index is 2.17. The van der Waals surface area contributed by atoms with E-state index < -0.39 is 10.0 Å². The quantitative estimate of drug-likeness (QED) is 0.871. The van der Waals surface area contributed by atoms with E-state index in [2.05, 4.69) is 10.0 Å². The largest absolute Gasteiger partial charge is 0.316 e. The summed E-state index contributed by atoms with van der Waals surface area (Å²) in [5, 5.41) is 3.07. The molecule has 0 aromatic heterocycles. The van der Waals surface area contributed by atoms with Crippen molar-refractivity contribution < 1.29 is 8.42 Å². The zero-order valence-corrected chi connectivity index (χ0v) is 13.6. The van der Waals surface area contributed by atoms with Crippen molar-refractivity contribution in [2.45, 2.75) is 37.2 Å². The van der Waals surface area contributed by atoms with Crippen LogP contribution in [-0.2, 0) is 16.6 Å². The van der Waals surface area contributed by atoms with Gasteiger partial charge in [-0.15, -0.1) is 0 Å². The summed E-state index contributed by atoms with van der Waals surface area (Å²) in [5.74, 6) is 2.00. The molecule has 1 aliphatic rings. The molecule has 0 radical (unpaired) electrons. The zero-order valence-electron chi connectivity index (χ0n) is 12.0. The van der Waals surface area contributed by atoms with E-state index in [0.29, 0.717) is 11.4 Å². The fourth-order valence-corrected chi connectivity index (χ4v) is 4.82. The van der Waals surface area contributed by atoms with Gasteiger partial charge in [0.15, 0.2) is 0 Å². The molecule has 2 rings (SSSR count). The van der Waals surface area contributed by atoms with Crippen molar-refractivity contribution in [2.75, 3.05) is 18.6 Å². The Morgan fingerprint density at radius 2 is 2.20 bits per heavy atom. The Morgan fingerprint density at radius 1 is 1.40 bits per heavy atom. The molecular formula is C14H22N2O2S2. The summed E-state index contributed by atoms with van der Waals surface area (Å²) in [6.07, 6.45) is 2.01. The number of rotatable bonds is 5. The van der Waals surface area contributed by atoms with E-state index in [1.807, 2.05) is 31.8 Å². The summed E-state index contributed by atoms with van der Waals surface area (Å²) in [4.78, 5) is 0.365. The van der Waals surface area contributed by atoms with E-state index in [1.165, 1.54) is 0 Å². The standard InChI is InChI=1S/C14H22N2O2S2/c1-11-5-6-14(8-12(11)9-15-2)20(17,18)16-13-4-3-7-19-10-13/h5-6,8,13,15-16H,3-4,7,9-10H2,1-2H3. The lowest BCUT2D eigenvalue weighted by Crippen LogP contribution is -2.38. The molecule has 4 nitrogen and oxygen atoms in total. The third-order valence-corrected chi connectivity index (χ3v) is 6.21. The van der Waals surface area contributed by atoms with Crippen LogP contribution >= 0.6 is 11.8 Å². The number of hydrogen-bond donors (Lipinski definition) is 2. The van der Waals surface area contributed by atoms with Crippen LogP contribution < -0.4 is 10.0 Å². The predicted molar refractivity (Wildman–Crippen MR) is 84.6 cm³/mol. The Labute approximate surface area is 125 Å². The fourth-order valence-electron chi connectivity index (χ4n) is 2.32. The van der Waals surface area contributed by atoms with Gasteiger partial charge in [-0.2, -0.15) is 11.8 Å². The summed E-state index contributed by atoms with van der Waals surface area (Å²) in [7, 11) is -1.55. The van der Waals surface area contributed by atoms with Crippen molar-refractivity contribution in [2.24, 2.45) is 0 Å². The van der Waals surface area contributed by atoms with Gasteiger partial charge in [-0.3, -0.25) is 0 Å². The van der Waals surface area contributed by atoms with Gasteiger partial charge in [-0.25, -0.2) is 13.1 Å². The number of benzene rings is 1. The predicted octanol–water partition coefficient (Wildman–Crippen LogP) is 1.89. The lowest BCUT2D eigenvalue weighted by Gasteiger charge is -2.22. The van der Waals surface area contributed by atoms with E-state index in [0.717, 1.165) is 35.5 Å². The number of nitrogens with one attached hydrogen (secondary N) is 2. The normalized spacial score (nSPS) is 20.0. The average molecular weight is 314 g/mol. The molecule has 1 heterocycles. The minimum absolute atomic E-state index is 0.0628. The summed E-state index contributed by atoms with van der Waals surface area (Å²) in [5.41, 5.74) is 2.12. The van der Waals surface area contributed by atoms with E-state index >= 15 is 0 Å². The third kappa shape index (κ3) is 3.97. The van der Waals surface area contributed by atoms with Crippen molar-refractivity contribution in [3.63, 3.8) is 0 Å². The maximum absolute atomic E-state index is 12.4. The average Bonchev–Trinajstić information content (AvgIpc) is 2.42. The molecule has 112 valence electrons. The molecule has 1 aromatic rings. The molecule has 1 atom stereocenters. The van der Waals surface area contributed by atoms with Gasteiger partial charge in [0.2, 0.25) is 10.0 Å². The van der Waals surface area contributed by atoms with Gasteiger partial charge in [0.05, 0.1) is 4.90 Å². The Kier molecular flexibility index (Phi) is 5.49. The number of thioether (sulfide) groups is 1. The number of aryl methyl sites for hydroxylation is 1. The summed E-state index contributed by atoms with van der Waals surface area (Å²) in [6.45, 7) is 2.67. The first-order chi connectivity index (χ1) is 9.53. The Hall–Kier alpha value is -0.560. The van der Waals surface area contributed by atoms with Gasteiger partial charge in [0.25, 0.3) is 0 Å². The topological polar surface area (TPSA) is 58.2 Å². The van der Waals surface area contributed by atoms with Gasteiger partial charge < -0.3 is 5.32 Å². The summed E-state index contributed by atoms with van der Waals surface area (Å²) in [6, 6.07) is 5.39. The molecule has 0 spiro atoms. The Morgan fingerprint density at radius 3 is 2.85 bits per heavy atom. The molecule has 1 fully saturated rings. The first-order valence-corrected chi connectivity index (χ1v) is 9.51. The van der Waals surface area contributed by atoms with Gasteiger partial charge in [-0.1, -0.05) is 6.07 Å². The fraction of sp³-hybridized carbons (Fsp3) is 0.571. The lowest BCUT2D eigenvalue weighted by atomic mass is 10.1. The molecule has 0 saturated carbocycles. The van der Waals surface area contributed by atoms with Crippen LogP contribution in [0.2, 0.25) is 0 Å². The molecule has 0 aliphatic carbocycles. The van der Waals surface area contributed by atoms with E-state index in [1.54, 1.807) is 12.1 Å². The molecule has 1 aliphatic heterocycles. The molecule has 1 unspecified atom stereocenters. The van der Waals surface area contributed by atoms with Crippen LogP contribution in [0.4, 0.5) is 0 Å². The van der Waals surface area contributed by atoms with Gasteiger partial charge in [0, 0.05) is 18.3 Å². The van der Waals surface area contributed by atoms with Crippen LogP contribution in [0.15, 0.2) is 23.1 Å². The minimum Gasteiger partial charge on any atom is -0.316 e. The highest BCUT2D eigenvalue weighted by molar-refractivity contribution is 7.99. The highest BCUT2D eigenvalue weighted by Crippen LogP contribution is 2.20. The molecule has 20 heavy (non-hydrogen) atoms. The molecule has 0 amide bonds. The van der Waals surface area contributed by atoms with E-state index in [-0.39, 0.29) is 6.04 Å². The summed E-state index contributed by atoms with van der Waals surface area (Å²) >= 11 is 1.82. The lowest BCUT2D eigenvalue weighted by molar-refractivity contribution is 0.543. The van der Waals surface area contributed by atoms with Gasteiger partial charge in [0.1, 0.15) is 0 Å². The first kappa shape index (κ1) is 15.8. The van der Waals surface area contributed by atoms with Crippen LogP contribution in [0.1, 0.15) is 24.0 Å². The smallest absolute Gasteiger partial charge is 0.240 e. The van der Waals surface area contributed by atoms with Crippen molar-refractivity contribution in [3.8, 4) is 0 Å². The minimum atomic E-state index is -3.41. The maximum Gasteiger partial charge on any atom is 0.240 e. The van der Waals surface area contributed by atoms with Gasteiger partial charge in [-0.05, 0) is 55.8 Å². The maximum atomic E-state index is 12.4. The van der Waals surface area contributed by atoms with Crippen molar-refractivity contribution >= 4 is 21.8 Å². The molecule has 0 bridgehead atoms. The van der Waals surface area contributed by atoms with E-state index in [4.69, 9.17) is 0 Å². The number of sulfonamides is 1. The van der Waals surface area contributed by atoms with Gasteiger partial charge >= 0.3 is 0 Å². The SMILES string of the molecule is CNCc1cc(S(=O)(=O)NC2CCCSC2)ccc1C. The Bertz CT molecular complexity index is 552. The zero-order chi connectivity index (χ0) is 14.6. The van der Waals surface area contributed by atoms with Crippen LogP contribution in [0.3, 0.4) is 0 Å². The van der Waals surface area contributed by atoms with E-state index in [9.17, 15) is 8.42 Å². The van der Waals surface area contributed by atoms with Crippen LogP contribution in [-0.4, -0.2) is 33.0 Å². The van der Waals surface area contributed by atoms with Crippen molar-refractivity contribution in [1.82, 2.24) is 10.0 Å². The highest BCUT2D eigenvalue weighted by atomic mass is 32.2. The van der Waals surface area contributed by atoms with Crippen molar-refractivity contribution in [3.05, 3.63) is 29.3 Å². The second-order valence-corrected chi connectivity index (χ2v) is 8.02. The van der Waals surface area contributed by atoms with Crippen LogP contribution in [0, 0.1) is 6.92 Å². The third-order valence-electron chi connectivity index (χ3n) is 3.48. The van der Waals surface area contributed by atoms with Crippen molar-refractivity contribution in [1.29, 1.82) is 0 Å².